The van der Waals surface area contributed by atoms with Gasteiger partial charge in [0, 0.05) is 17.0 Å². The highest BCUT2D eigenvalue weighted by Gasteiger charge is 2.15. The summed E-state index contributed by atoms with van der Waals surface area (Å²) in [5.41, 5.74) is 1.28. The maximum absolute atomic E-state index is 12.2. The summed E-state index contributed by atoms with van der Waals surface area (Å²) in [6, 6.07) is 15.3. The third-order valence-electron chi connectivity index (χ3n) is 3.73. The Morgan fingerprint density at radius 1 is 1.00 bits per heavy atom. The maximum atomic E-state index is 12.2. The fourth-order valence-corrected chi connectivity index (χ4v) is 2.64. The van der Waals surface area contributed by atoms with Gasteiger partial charge in [-0.05, 0) is 26.0 Å². The Hall–Kier alpha value is -3.08. The largest absolute Gasteiger partial charge is 0.492 e. The Morgan fingerprint density at radius 2 is 1.72 bits per heavy atom. The Bertz CT molecular complexity index is 893. The normalized spacial score (nSPS) is 10.5. The first-order valence-corrected chi connectivity index (χ1v) is 8.28. The average molecular weight is 336 g/mol. The van der Waals surface area contributed by atoms with Crippen LogP contribution in [0.1, 0.15) is 24.2 Å². The van der Waals surface area contributed by atoms with E-state index in [4.69, 9.17) is 9.47 Å². The monoisotopic (exact) mass is 336 g/mol. The number of hydrogen-bond acceptors (Lipinski definition) is 5. The molecule has 0 spiro atoms. The molecule has 0 atom stereocenters. The third-order valence-corrected chi connectivity index (χ3v) is 3.73. The second kappa shape index (κ2) is 7.66. The van der Waals surface area contributed by atoms with Crippen molar-refractivity contribution in [3.8, 4) is 5.75 Å². The van der Waals surface area contributed by atoms with Crippen molar-refractivity contribution >= 4 is 28.2 Å². The molecule has 3 rings (SSSR count). The number of esters is 1. The molecule has 0 aliphatic heterocycles. The van der Waals surface area contributed by atoms with Gasteiger partial charge in [0.05, 0.1) is 24.5 Å². The van der Waals surface area contributed by atoms with Crippen LogP contribution in [0.15, 0.2) is 54.7 Å². The van der Waals surface area contributed by atoms with Crippen LogP contribution in [0.5, 0.6) is 5.75 Å². The van der Waals surface area contributed by atoms with Crippen LogP contribution in [0.4, 0.5) is 11.5 Å². The van der Waals surface area contributed by atoms with E-state index in [0.717, 1.165) is 22.2 Å². The van der Waals surface area contributed by atoms with E-state index in [-0.39, 0.29) is 5.97 Å². The third kappa shape index (κ3) is 3.55. The maximum Gasteiger partial charge on any atom is 0.340 e. The summed E-state index contributed by atoms with van der Waals surface area (Å²) in [7, 11) is 0. The first-order chi connectivity index (χ1) is 12.2. The number of aromatic nitrogens is 1. The number of ether oxygens (including phenoxy) is 2. The molecule has 128 valence electrons. The highest BCUT2D eigenvalue weighted by Crippen LogP contribution is 2.31. The first-order valence-electron chi connectivity index (χ1n) is 8.28. The second-order valence-electron chi connectivity index (χ2n) is 5.34. The smallest absolute Gasteiger partial charge is 0.340 e. The van der Waals surface area contributed by atoms with Crippen molar-refractivity contribution in [3.05, 3.63) is 60.3 Å². The predicted molar refractivity (Wildman–Crippen MR) is 98.6 cm³/mol. The van der Waals surface area contributed by atoms with E-state index in [1.165, 1.54) is 0 Å². The molecule has 1 heterocycles. The zero-order valence-corrected chi connectivity index (χ0v) is 14.3. The molecule has 5 heteroatoms. The molecule has 25 heavy (non-hydrogen) atoms. The van der Waals surface area contributed by atoms with E-state index in [2.05, 4.69) is 10.3 Å². The van der Waals surface area contributed by atoms with Gasteiger partial charge < -0.3 is 14.8 Å². The van der Waals surface area contributed by atoms with Crippen LogP contribution in [0, 0.1) is 0 Å². The van der Waals surface area contributed by atoms with Crippen molar-refractivity contribution in [2.75, 3.05) is 18.5 Å². The van der Waals surface area contributed by atoms with Gasteiger partial charge in [0.25, 0.3) is 0 Å². The zero-order valence-electron chi connectivity index (χ0n) is 14.3. The molecule has 0 amide bonds. The summed E-state index contributed by atoms with van der Waals surface area (Å²) in [5, 5.41) is 4.96. The number of pyridine rings is 1. The molecule has 0 fully saturated rings. The minimum Gasteiger partial charge on any atom is -0.492 e. The quantitative estimate of drug-likeness (QED) is 0.669. The fourth-order valence-electron chi connectivity index (χ4n) is 2.64. The van der Waals surface area contributed by atoms with Crippen LogP contribution < -0.4 is 10.1 Å². The minimum absolute atomic E-state index is 0.328. The predicted octanol–water partition coefficient (Wildman–Crippen LogP) is 4.55. The topological polar surface area (TPSA) is 60.5 Å². The van der Waals surface area contributed by atoms with Crippen LogP contribution in [-0.4, -0.2) is 24.2 Å². The Balaban J connectivity index is 2.04. The van der Waals surface area contributed by atoms with E-state index in [1.54, 1.807) is 13.1 Å². The molecular formula is C20H20N2O3. The molecular weight excluding hydrogens is 316 g/mol. The van der Waals surface area contributed by atoms with Gasteiger partial charge in [-0.3, -0.25) is 0 Å². The number of para-hydroxylation sites is 2. The van der Waals surface area contributed by atoms with Crippen molar-refractivity contribution < 1.29 is 14.3 Å². The van der Waals surface area contributed by atoms with Crippen LogP contribution in [0.3, 0.4) is 0 Å². The van der Waals surface area contributed by atoms with Crippen LogP contribution in [0.2, 0.25) is 0 Å². The number of benzene rings is 2. The van der Waals surface area contributed by atoms with Crippen LogP contribution in [0.25, 0.3) is 10.8 Å². The lowest BCUT2D eigenvalue weighted by Crippen LogP contribution is -2.07. The highest BCUT2D eigenvalue weighted by molar-refractivity contribution is 6.07. The lowest BCUT2D eigenvalue weighted by Gasteiger charge is -2.14. The van der Waals surface area contributed by atoms with Crippen molar-refractivity contribution in [1.82, 2.24) is 4.98 Å². The number of hydrogen-bond donors (Lipinski definition) is 1. The standard InChI is InChI=1S/C20H20N2O3/c1-3-24-18-12-8-7-11-17(18)22-19-15-10-6-5-9-14(15)16(13-21-19)20(23)25-4-2/h5-13H,3-4H2,1-2H3,(H,21,22). The SMILES string of the molecule is CCOC(=O)c1cnc(Nc2ccccc2OCC)c2ccccc12. The number of anilines is 2. The molecule has 1 N–H and O–H groups in total. The average Bonchev–Trinajstić information content (AvgIpc) is 2.64. The van der Waals surface area contributed by atoms with Crippen molar-refractivity contribution in [3.63, 3.8) is 0 Å². The lowest BCUT2D eigenvalue weighted by atomic mass is 10.1. The van der Waals surface area contributed by atoms with E-state index in [0.29, 0.717) is 24.6 Å². The second-order valence-corrected chi connectivity index (χ2v) is 5.34. The van der Waals surface area contributed by atoms with Gasteiger partial charge in [0.1, 0.15) is 11.6 Å². The molecule has 0 saturated carbocycles. The summed E-state index contributed by atoms with van der Waals surface area (Å²) < 4.78 is 10.8. The zero-order chi connectivity index (χ0) is 17.6. The molecule has 0 saturated heterocycles. The number of rotatable bonds is 6. The minimum atomic E-state index is -0.368. The number of carbonyl (C=O) groups excluding carboxylic acids is 1. The van der Waals surface area contributed by atoms with Crippen molar-refractivity contribution in [2.45, 2.75) is 13.8 Å². The van der Waals surface area contributed by atoms with Crippen LogP contribution >= 0.6 is 0 Å². The molecule has 0 bridgehead atoms. The van der Waals surface area contributed by atoms with Crippen molar-refractivity contribution in [2.24, 2.45) is 0 Å². The number of carbonyl (C=O) groups is 1. The molecule has 0 aliphatic carbocycles. The summed E-state index contributed by atoms with van der Waals surface area (Å²) in [6.07, 6.45) is 1.55. The molecule has 0 aliphatic rings. The van der Waals surface area contributed by atoms with E-state index < -0.39 is 0 Å². The Morgan fingerprint density at radius 3 is 2.48 bits per heavy atom. The van der Waals surface area contributed by atoms with Crippen molar-refractivity contribution in [1.29, 1.82) is 0 Å². The molecule has 3 aromatic rings. The first kappa shape index (κ1) is 16.8. The van der Waals surface area contributed by atoms with Gasteiger partial charge in [-0.25, -0.2) is 9.78 Å². The van der Waals surface area contributed by atoms with Gasteiger partial charge in [-0.2, -0.15) is 0 Å². The lowest BCUT2D eigenvalue weighted by molar-refractivity contribution is 0.0528. The molecule has 0 unspecified atom stereocenters. The molecule has 2 aromatic carbocycles. The van der Waals surface area contributed by atoms with Crippen LogP contribution in [-0.2, 0) is 4.74 Å². The number of fused-ring (bicyclic) bond motifs is 1. The van der Waals surface area contributed by atoms with Gasteiger partial charge in [0.15, 0.2) is 0 Å². The molecule has 5 nitrogen and oxygen atoms in total. The van der Waals surface area contributed by atoms with E-state index >= 15 is 0 Å². The fraction of sp³-hybridized carbons (Fsp3) is 0.200. The van der Waals surface area contributed by atoms with E-state index in [1.807, 2.05) is 55.5 Å². The summed E-state index contributed by atoms with van der Waals surface area (Å²) in [5.74, 6) is 1.05. The van der Waals surface area contributed by atoms with Gasteiger partial charge in [-0.15, -0.1) is 0 Å². The number of nitrogens with one attached hydrogen (secondary N) is 1. The van der Waals surface area contributed by atoms with Gasteiger partial charge in [-0.1, -0.05) is 36.4 Å². The molecule has 1 aromatic heterocycles. The van der Waals surface area contributed by atoms with Gasteiger partial charge >= 0.3 is 5.97 Å². The highest BCUT2D eigenvalue weighted by atomic mass is 16.5. The van der Waals surface area contributed by atoms with Gasteiger partial charge in [0.2, 0.25) is 0 Å². The summed E-state index contributed by atoms with van der Waals surface area (Å²) in [4.78, 5) is 16.6. The molecule has 0 radical (unpaired) electrons. The number of nitrogens with zero attached hydrogens (tertiary/aromatic N) is 1. The summed E-state index contributed by atoms with van der Waals surface area (Å²) >= 11 is 0. The summed E-state index contributed by atoms with van der Waals surface area (Å²) in [6.45, 7) is 4.64. The Kier molecular flexibility index (Phi) is 5.14. The Labute approximate surface area is 146 Å². The van der Waals surface area contributed by atoms with E-state index in [9.17, 15) is 4.79 Å².